The van der Waals surface area contributed by atoms with Crippen molar-refractivity contribution in [1.29, 1.82) is 0 Å². The fourth-order valence-corrected chi connectivity index (χ4v) is 2.64. The van der Waals surface area contributed by atoms with Crippen LogP contribution in [0.2, 0.25) is 0 Å². The molecule has 0 fully saturated rings. The molecule has 0 radical (unpaired) electrons. The summed E-state index contributed by atoms with van der Waals surface area (Å²) in [7, 11) is 1.66. The second kappa shape index (κ2) is 4.59. The number of aromatic amines is 1. The van der Waals surface area contributed by atoms with Crippen LogP contribution >= 0.6 is 12.2 Å². The molecule has 0 aliphatic carbocycles. The van der Waals surface area contributed by atoms with Gasteiger partial charge in [-0.2, -0.15) is 0 Å². The minimum Gasteiger partial charge on any atom is -0.497 e. The lowest BCUT2D eigenvalue weighted by molar-refractivity contribution is 0.414. The van der Waals surface area contributed by atoms with E-state index in [9.17, 15) is 0 Å². The number of ether oxygens (including phenoxy) is 1. The van der Waals surface area contributed by atoms with Gasteiger partial charge in [-0.15, -0.1) is 0 Å². The quantitative estimate of drug-likeness (QED) is 0.736. The van der Waals surface area contributed by atoms with E-state index in [1.165, 1.54) is 0 Å². The van der Waals surface area contributed by atoms with Gasteiger partial charge in [0.05, 0.1) is 30.4 Å². The van der Waals surface area contributed by atoms with E-state index < -0.39 is 0 Å². The number of aromatic nitrogens is 2. The van der Waals surface area contributed by atoms with Crippen molar-refractivity contribution < 1.29 is 9.15 Å². The number of hydrogen-bond acceptors (Lipinski definition) is 3. The van der Waals surface area contributed by atoms with Crippen LogP contribution < -0.4 is 4.74 Å². The molecule has 3 aromatic rings. The molecule has 1 aromatic carbocycles. The zero-order valence-corrected chi connectivity index (χ0v) is 11.5. The third-order valence-electron chi connectivity index (χ3n) is 3.27. The summed E-state index contributed by atoms with van der Waals surface area (Å²) in [6, 6.07) is 9.71. The highest BCUT2D eigenvalue weighted by Crippen LogP contribution is 2.27. The molecule has 0 spiro atoms. The van der Waals surface area contributed by atoms with E-state index in [4.69, 9.17) is 21.4 Å². The van der Waals surface area contributed by atoms with E-state index in [0.29, 0.717) is 4.77 Å². The minimum atomic E-state index is 0.0309. The van der Waals surface area contributed by atoms with Crippen molar-refractivity contribution in [3.63, 3.8) is 0 Å². The fraction of sp³-hybridized carbons (Fsp3) is 0.214. The summed E-state index contributed by atoms with van der Waals surface area (Å²) in [5, 5.41) is 0. The number of benzene rings is 1. The Hall–Kier alpha value is -2.01. The van der Waals surface area contributed by atoms with Crippen molar-refractivity contribution in [1.82, 2.24) is 9.55 Å². The standard InChI is InChI=1S/C14H14N2O2S/c1-9(13-4-3-7-18-13)16-12-8-10(17-2)5-6-11(12)15-14(16)19/h3-9H,1-2H3,(H,15,19). The molecule has 0 amide bonds. The molecule has 3 rings (SSSR count). The number of imidazole rings is 1. The van der Waals surface area contributed by atoms with Gasteiger partial charge in [0.25, 0.3) is 0 Å². The van der Waals surface area contributed by atoms with Gasteiger partial charge in [-0.1, -0.05) is 0 Å². The molecule has 98 valence electrons. The van der Waals surface area contributed by atoms with Crippen LogP contribution in [0.5, 0.6) is 5.75 Å². The molecule has 5 heteroatoms. The lowest BCUT2D eigenvalue weighted by Crippen LogP contribution is -2.05. The Balaban J connectivity index is 2.22. The van der Waals surface area contributed by atoms with E-state index >= 15 is 0 Å². The Morgan fingerprint density at radius 3 is 2.89 bits per heavy atom. The molecule has 1 N–H and O–H groups in total. The van der Waals surface area contributed by atoms with Gasteiger partial charge in [-0.05, 0) is 43.4 Å². The van der Waals surface area contributed by atoms with Crippen LogP contribution in [0.25, 0.3) is 11.0 Å². The van der Waals surface area contributed by atoms with E-state index in [1.807, 2.05) is 34.9 Å². The van der Waals surface area contributed by atoms with Crippen molar-refractivity contribution in [2.75, 3.05) is 7.11 Å². The van der Waals surface area contributed by atoms with Gasteiger partial charge in [0.1, 0.15) is 11.5 Å². The molecule has 0 saturated carbocycles. The highest BCUT2D eigenvalue weighted by molar-refractivity contribution is 7.71. The Morgan fingerprint density at radius 1 is 1.37 bits per heavy atom. The van der Waals surface area contributed by atoms with Crippen LogP contribution in [-0.2, 0) is 0 Å². The first-order chi connectivity index (χ1) is 9.20. The Bertz CT molecular complexity index is 755. The SMILES string of the molecule is COc1ccc2[nH]c(=S)n(C(C)c3ccco3)c2c1. The second-order valence-electron chi connectivity index (χ2n) is 4.37. The predicted octanol–water partition coefficient (Wildman–Crippen LogP) is 3.91. The van der Waals surface area contributed by atoms with Crippen molar-refractivity contribution in [2.45, 2.75) is 13.0 Å². The molecule has 2 heterocycles. The second-order valence-corrected chi connectivity index (χ2v) is 4.76. The first-order valence-corrected chi connectivity index (χ1v) is 6.43. The summed E-state index contributed by atoms with van der Waals surface area (Å²) in [4.78, 5) is 3.20. The van der Waals surface area contributed by atoms with Gasteiger partial charge in [-0.3, -0.25) is 0 Å². The molecule has 0 saturated heterocycles. The number of methoxy groups -OCH3 is 1. The molecular formula is C14H14N2O2S. The summed E-state index contributed by atoms with van der Waals surface area (Å²) in [6.07, 6.45) is 1.67. The fourth-order valence-electron chi connectivity index (χ4n) is 2.27. The van der Waals surface area contributed by atoms with E-state index in [0.717, 1.165) is 22.5 Å². The van der Waals surface area contributed by atoms with Crippen LogP contribution in [0.4, 0.5) is 0 Å². The van der Waals surface area contributed by atoms with Crippen molar-refractivity contribution >= 4 is 23.3 Å². The Labute approximate surface area is 115 Å². The molecule has 1 unspecified atom stereocenters. The van der Waals surface area contributed by atoms with Gasteiger partial charge in [0.15, 0.2) is 4.77 Å². The summed E-state index contributed by atoms with van der Waals surface area (Å²) in [5.41, 5.74) is 2.00. The molecule has 0 bridgehead atoms. The molecule has 0 aliphatic rings. The highest BCUT2D eigenvalue weighted by Gasteiger charge is 2.15. The maximum absolute atomic E-state index is 5.47. The smallest absolute Gasteiger partial charge is 0.178 e. The first-order valence-electron chi connectivity index (χ1n) is 6.02. The number of fused-ring (bicyclic) bond motifs is 1. The van der Waals surface area contributed by atoms with E-state index in [2.05, 4.69) is 11.9 Å². The van der Waals surface area contributed by atoms with Crippen molar-refractivity contribution in [3.05, 3.63) is 47.1 Å². The van der Waals surface area contributed by atoms with Gasteiger partial charge in [0.2, 0.25) is 0 Å². The zero-order valence-electron chi connectivity index (χ0n) is 10.7. The first kappa shape index (κ1) is 12.0. The normalized spacial score (nSPS) is 12.7. The minimum absolute atomic E-state index is 0.0309. The van der Waals surface area contributed by atoms with Gasteiger partial charge < -0.3 is 18.7 Å². The maximum atomic E-state index is 5.47. The van der Waals surface area contributed by atoms with Crippen molar-refractivity contribution in [3.8, 4) is 5.75 Å². The Morgan fingerprint density at radius 2 is 2.21 bits per heavy atom. The Kier molecular flexibility index (Phi) is 2.91. The van der Waals surface area contributed by atoms with Gasteiger partial charge in [0, 0.05) is 6.07 Å². The molecule has 1 atom stereocenters. The maximum Gasteiger partial charge on any atom is 0.178 e. The monoisotopic (exact) mass is 274 g/mol. The van der Waals surface area contributed by atoms with Crippen molar-refractivity contribution in [2.24, 2.45) is 0 Å². The number of furan rings is 1. The van der Waals surface area contributed by atoms with Crippen LogP contribution in [0.1, 0.15) is 18.7 Å². The summed E-state index contributed by atoms with van der Waals surface area (Å²) in [5.74, 6) is 1.68. The number of H-pyrrole nitrogens is 1. The van der Waals surface area contributed by atoms with Gasteiger partial charge in [-0.25, -0.2) is 0 Å². The predicted molar refractivity (Wildman–Crippen MR) is 76.2 cm³/mol. The number of rotatable bonds is 3. The lowest BCUT2D eigenvalue weighted by Gasteiger charge is -2.12. The molecule has 0 aliphatic heterocycles. The van der Waals surface area contributed by atoms with E-state index in [1.54, 1.807) is 13.4 Å². The van der Waals surface area contributed by atoms with Crippen LogP contribution in [0, 0.1) is 4.77 Å². The molecule has 19 heavy (non-hydrogen) atoms. The summed E-state index contributed by atoms with van der Waals surface area (Å²) < 4.78 is 13.4. The topological polar surface area (TPSA) is 43.1 Å². The number of hydrogen-bond donors (Lipinski definition) is 1. The van der Waals surface area contributed by atoms with E-state index in [-0.39, 0.29) is 6.04 Å². The lowest BCUT2D eigenvalue weighted by atomic mass is 10.2. The summed E-state index contributed by atoms with van der Waals surface area (Å²) >= 11 is 5.41. The van der Waals surface area contributed by atoms with Crippen LogP contribution in [0.3, 0.4) is 0 Å². The summed E-state index contributed by atoms with van der Waals surface area (Å²) in [6.45, 7) is 2.06. The molecule has 2 aromatic heterocycles. The average molecular weight is 274 g/mol. The van der Waals surface area contributed by atoms with Crippen LogP contribution in [0.15, 0.2) is 41.0 Å². The third-order valence-corrected chi connectivity index (χ3v) is 3.57. The highest BCUT2D eigenvalue weighted by atomic mass is 32.1. The molecular weight excluding hydrogens is 260 g/mol. The largest absolute Gasteiger partial charge is 0.497 e. The van der Waals surface area contributed by atoms with Crippen LogP contribution in [-0.4, -0.2) is 16.7 Å². The average Bonchev–Trinajstić information content (AvgIpc) is 3.03. The number of nitrogens with one attached hydrogen (secondary N) is 1. The number of nitrogens with zero attached hydrogens (tertiary/aromatic N) is 1. The molecule has 4 nitrogen and oxygen atoms in total. The zero-order chi connectivity index (χ0) is 13.4. The third kappa shape index (κ3) is 1.96. The van der Waals surface area contributed by atoms with Gasteiger partial charge >= 0.3 is 0 Å².